The molecule has 0 aliphatic carbocycles. The summed E-state index contributed by atoms with van der Waals surface area (Å²) in [5.41, 5.74) is 1.36. The SMILES string of the molecule is Cc1sc2ncnc(N3CCN4CCCC4C3)c2c1C. The fraction of sp³-hybridized carbons (Fsp3) is 0.600. The minimum Gasteiger partial charge on any atom is -0.353 e. The molecule has 0 aromatic carbocycles. The quantitative estimate of drug-likeness (QED) is 0.807. The minimum absolute atomic E-state index is 0.730. The van der Waals surface area contributed by atoms with Gasteiger partial charge in [-0.05, 0) is 38.8 Å². The molecule has 5 heteroatoms. The van der Waals surface area contributed by atoms with Crippen molar-refractivity contribution in [3.63, 3.8) is 0 Å². The van der Waals surface area contributed by atoms with Crippen LogP contribution in [0.2, 0.25) is 0 Å². The molecule has 20 heavy (non-hydrogen) atoms. The molecule has 0 saturated carbocycles. The van der Waals surface area contributed by atoms with Crippen LogP contribution in [0.15, 0.2) is 6.33 Å². The predicted octanol–water partition coefficient (Wildman–Crippen LogP) is 2.59. The van der Waals surface area contributed by atoms with Gasteiger partial charge in [-0.25, -0.2) is 9.97 Å². The van der Waals surface area contributed by atoms with Crippen LogP contribution in [-0.2, 0) is 0 Å². The Bertz CT molecular complexity index is 651. The fourth-order valence-corrected chi connectivity index (χ4v) is 4.58. The summed E-state index contributed by atoms with van der Waals surface area (Å²) in [7, 11) is 0. The fourth-order valence-electron chi connectivity index (χ4n) is 3.59. The van der Waals surface area contributed by atoms with Gasteiger partial charge in [0, 0.05) is 30.6 Å². The van der Waals surface area contributed by atoms with E-state index in [1.807, 2.05) is 0 Å². The Morgan fingerprint density at radius 2 is 2.10 bits per heavy atom. The summed E-state index contributed by atoms with van der Waals surface area (Å²) >= 11 is 1.79. The summed E-state index contributed by atoms with van der Waals surface area (Å²) in [6.45, 7) is 9.07. The standard InChI is InChI=1S/C15H20N4S/c1-10-11(2)20-15-13(10)14(16-9-17-15)19-7-6-18-5-3-4-12(18)8-19/h9,12H,3-8H2,1-2H3. The number of rotatable bonds is 1. The third kappa shape index (κ3) is 1.84. The molecule has 2 aliphatic heterocycles. The molecule has 4 rings (SSSR count). The molecule has 0 N–H and O–H groups in total. The summed E-state index contributed by atoms with van der Waals surface area (Å²) in [6.07, 6.45) is 4.43. The lowest BCUT2D eigenvalue weighted by molar-refractivity contribution is 0.230. The van der Waals surface area contributed by atoms with Crippen molar-refractivity contribution in [3.8, 4) is 0 Å². The number of nitrogens with zero attached hydrogens (tertiary/aromatic N) is 4. The highest BCUT2D eigenvalue weighted by molar-refractivity contribution is 7.18. The van der Waals surface area contributed by atoms with Gasteiger partial charge in [0.2, 0.25) is 0 Å². The van der Waals surface area contributed by atoms with Crippen molar-refractivity contribution < 1.29 is 0 Å². The van der Waals surface area contributed by atoms with Crippen molar-refractivity contribution in [1.82, 2.24) is 14.9 Å². The van der Waals surface area contributed by atoms with Gasteiger partial charge < -0.3 is 4.90 Å². The molecular weight excluding hydrogens is 268 g/mol. The van der Waals surface area contributed by atoms with Crippen LogP contribution in [0.25, 0.3) is 10.2 Å². The zero-order valence-electron chi connectivity index (χ0n) is 12.1. The number of aromatic nitrogens is 2. The maximum absolute atomic E-state index is 4.62. The molecule has 0 bridgehead atoms. The van der Waals surface area contributed by atoms with E-state index in [9.17, 15) is 0 Å². The molecule has 1 unspecified atom stereocenters. The maximum atomic E-state index is 4.62. The van der Waals surface area contributed by atoms with E-state index in [0.29, 0.717) is 0 Å². The molecule has 2 aromatic heterocycles. The van der Waals surface area contributed by atoms with Crippen molar-refractivity contribution in [2.24, 2.45) is 0 Å². The Labute approximate surface area is 123 Å². The maximum Gasteiger partial charge on any atom is 0.141 e. The van der Waals surface area contributed by atoms with E-state index in [1.165, 1.54) is 41.8 Å². The van der Waals surface area contributed by atoms with Gasteiger partial charge in [0.1, 0.15) is 17.0 Å². The minimum atomic E-state index is 0.730. The Kier molecular flexibility index (Phi) is 2.93. The van der Waals surface area contributed by atoms with Crippen LogP contribution in [0, 0.1) is 13.8 Å². The van der Waals surface area contributed by atoms with Gasteiger partial charge in [-0.15, -0.1) is 11.3 Å². The summed E-state index contributed by atoms with van der Waals surface area (Å²) in [6, 6.07) is 0.730. The highest BCUT2D eigenvalue weighted by Gasteiger charge is 2.32. The van der Waals surface area contributed by atoms with E-state index in [-0.39, 0.29) is 0 Å². The molecule has 106 valence electrons. The number of hydrogen-bond acceptors (Lipinski definition) is 5. The second-order valence-corrected chi connectivity index (χ2v) is 7.14. The van der Waals surface area contributed by atoms with Gasteiger partial charge >= 0.3 is 0 Å². The molecule has 0 amide bonds. The van der Waals surface area contributed by atoms with Crippen molar-refractivity contribution in [3.05, 3.63) is 16.8 Å². The smallest absolute Gasteiger partial charge is 0.141 e. The summed E-state index contributed by atoms with van der Waals surface area (Å²) in [4.78, 5) is 16.7. The number of piperazine rings is 1. The first-order valence-electron chi connectivity index (χ1n) is 7.44. The average Bonchev–Trinajstić information content (AvgIpc) is 3.03. The average molecular weight is 288 g/mol. The number of aryl methyl sites for hydroxylation is 2. The van der Waals surface area contributed by atoms with E-state index in [2.05, 4.69) is 33.6 Å². The Hall–Kier alpha value is -1.20. The topological polar surface area (TPSA) is 32.3 Å². The largest absolute Gasteiger partial charge is 0.353 e. The second-order valence-electron chi connectivity index (χ2n) is 5.94. The zero-order chi connectivity index (χ0) is 13.7. The lowest BCUT2D eigenvalue weighted by Crippen LogP contribution is -2.50. The molecule has 2 saturated heterocycles. The van der Waals surface area contributed by atoms with Crippen LogP contribution in [0.4, 0.5) is 5.82 Å². The van der Waals surface area contributed by atoms with Crippen molar-refractivity contribution in [2.45, 2.75) is 32.7 Å². The number of anilines is 1. The van der Waals surface area contributed by atoms with Gasteiger partial charge in [0.15, 0.2) is 0 Å². The molecule has 2 fully saturated rings. The third-order valence-electron chi connectivity index (χ3n) is 4.83. The summed E-state index contributed by atoms with van der Waals surface area (Å²) < 4.78 is 0. The molecule has 0 spiro atoms. The highest BCUT2D eigenvalue weighted by atomic mass is 32.1. The normalized spacial score (nSPS) is 23.5. The third-order valence-corrected chi connectivity index (χ3v) is 5.95. The van der Waals surface area contributed by atoms with E-state index < -0.39 is 0 Å². The van der Waals surface area contributed by atoms with E-state index in [4.69, 9.17) is 0 Å². The molecule has 4 heterocycles. The van der Waals surface area contributed by atoms with E-state index in [0.717, 1.165) is 29.8 Å². The van der Waals surface area contributed by atoms with E-state index >= 15 is 0 Å². The first-order valence-corrected chi connectivity index (χ1v) is 8.25. The van der Waals surface area contributed by atoms with Crippen LogP contribution >= 0.6 is 11.3 Å². The van der Waals surface area contributed by atoms with Crippen LogP contribution in [-0.4, -0.2) is 47.1 Å². The van der Waals surface area contributed by atoms with Crippen LogP contribution in [0.3, 0.4) is 0 Å². The molecule has 2 aliphatic rings. The first-order chi connectivity index (χ1) is 9.74. The second kappa shape index (κ2) is 4.67. The Balaban J connectivity index is 1.75. The number of thiophene rings is 1. The molecule has 4 nitrogen and oxygen atoms in total. The molecule has 0 radical (unpaired) electrons. The lowest BCUT2D eigenvalue weighted by Gasteiger charge is -2.38. The van der Waals surface area contributed by atoms with Crippen molar-refractivity contribution >= 4 is 27.4 Å². The summed E-state index contributed by atoms with van der Waals surface area (Å²) in [5, 5.41) is 1.28. The monoisotopic (exact) mass is 288 g/mol. The summed E-state index contributed by atoms with van der Waals surface area (Å²) in [5.74, 6) is 1.16. The molecular formula is C15H20N4S. The highest BCUT2D eigenvalue weighted by Crippen LogP contribution is 2.35. The molecule has 2 aromatic rings. The van der Waals surface area contributed by atoms with Gasteiger partial charge in [0.05, 0.1) is 5.39 Å². The van der Waals surface area contributed by atoms with Crippen LogP contribution < -0.4 is 4.90 Å². The van der Waals surface area contributed by atoms with Gasteiger partial charge in [-0.1, -0.05) is 0 Å². The van der Waals surface area contributed by atoms with Gasteiger partial charge in [-0.2, -0.15) is 0 Å². The number of fused-ring (bicyclic) bond motifs is 2. The predicted molar refractivity (Wildman–Crippen MR) is 83.7 cm³/mol. The van der Waals surface area contributed by atoms with Crippen LogP contribution in [0.5, 0.6) is 0 Å². The first kappa shape index (κ1) is 12.5. The van der Waals surface area contributed by atoms with Crippen molar-refractivity contribution in [1.29, 1.82) is 0 Å². The van der Waals surface area contributed by atoms with Gasteiger partial charge in [0.25, 0.3) is 0 Å². The van der Waals surface area contributed by atoms with E-state index in [1.54, 1.807) is 17.7 Å². The van der Waals surface area contributed by atoms with Crippen LogP contribution in [0.1, 0.15) is 23.3 Å². The zero-order valence-corrected chi connectivity index (χ0v) is 12.9. The van der Waals surface area contributed by atoms with Crippen molar-refractivity contribution in [2.75, 3.05) is 31.1 Å². The Morgan fingerprint density at radius 3 is 3.00 bits per heavy atom. The Morgan fingerprint density at radius 1 is 1.20 bits per heavy atom. The van der Waals surface area contributed by atoms with Gasteiger partial charge in [-0.3, -0.25) is 4.90 Å². The number of hydrogen-bond donors (Lipinski definition) is 0. The molecule has 1 atom stereocenters. The lowest BCUT2D eigenvalue weighted by atomic mass is 10.1.